The average Bonchev–Trinajstić information content (AvgIpc) is 2.43. The zero-order valence-electron chi connectivity index (χ0n) is 11.6. The lowest BCUT2D eigenvalue weighted by molar-refractivity contribution is -0.0527. The minimum atomic E-state index is 0.358. The van der Waals surface area contributed by atoms with Crippen LogP contribution in [0.25, 0.3) is 0 Å². The van der Waals surface area contributed by atoms with Gasteiger partial charge >= 0.3 is 0 Å². The summed E-state index contributed by atoms with van der Waals surface area (Å²) in [4.78, 5) is 9.02. The summed E-state index contributed by atoms with van der Waals surface area (Å²) in [7, 11) is 2.08. The van der Waals surface area contributed by atoms with Gasteiger partial charge in [-0.1, -0.05) is 0 Å². The summed E-state index contributed by atoms with van der Waals surface area (Å²) >= 11 is 0. The molecule has 19 heavy (non-hydrogen) atoms. The highest BCUT2D eigenvalue weighted by Crippen LogP contribution is 2.59. The molecular weight excluding hydrogens is 234 g/mol. The van der Waals surface area contributed by atoms with Crippen LogP contribution in [0.3, 0.4) is 0 Å². The fourth-order valence-corrected chi connectivity index (χ4v) is 5.48. The maximum absolute atomic E-state index is 4.51. The van der Waals surface area contributed by atoms with E-state index in [4.69, 9.17) is 0 Å². The molecule has 1 heterocycles. The van der Waals surface area contributed by atoms with Crippen molar-refractivity contribution in [1.82, 2.24) is 15.3 Å². The second-order valence-corrected chi connectivity index (χ2v) is 6.88. The van der Waals surface area contributed by atoms with Crippen molar-refractivity contribution in [1.29, 1.82) is 0 Å². The molecule has 4 aliphatic rings. The third-order valence-corrected chi connectivity index (χ3v) is 5.86. The highest BCUT2D eigenvalue weighted by molar-refractivity contribution is 5.07. The van der Waals surface area contributed by atoms with Gasteiger partial charge < -0.3 is 5.32 Å². The van der Waals surface area contributed by atoms with E-state index < -0.39 is 0 Å². The van der Waals surface area contributed by atoms with Crippen LogP contribution in [-0.4, -0.2) is 17.0 Å². The predicted molar refractivity (Wildman–Crippen MR) is 74.4 cm³/mol. The monoisotopic (exact) mass is 257 g/mol. The van der Waals surface area contributed by atoms with Crippen LogP contribution in [0.4, 0.5) is 0 Å². The van der Waals surface area contributed by atoms with Gasteiger partial charge in [0.05, 0.1) is 6.04 Å². The standard InChI is InChI=1S/C16H23N3/c1-17-15(16-18-3-2-4-19-16)14-12-6-10-5-11(8-12)9-13(14)7-10/h2-4,10-15,17H,5-9H2,1H3. The fourth-order valence-electron chi connectivity index (χ4n) is 5.48. The molecule has 0 aliphatic heterocycles. The van der Waals surface area contributed by atoms with Gasteiger partial charge in [0.25, 0.3) is 0 Å². The van der Waals surface area contributed by atoms with E-state index >= 15 is 0 Å². The fraction of sp³-hybridized carbons (Fsp3) is 0.750. The van der Waals surface area contributed by atoms with Gasteiger partial charge in [-0.2, -0.15) is 0 Å². The summed E-state index contributed by atoms with van der Waals surface area (Å²) in [5.41, 5.74) is 0. The number of hydrogen-bond donors (Lipinski definition) is 1. The third kappa shape index (κ3) is 1.90. The van der Waals surface area contributed by atoms with Gasteiger partial charge in [-0.3, -0.25) is 0 Å². The van der Waals surface area contributed by atoms with Gasteiger partial charge in [0.15, 0.2) is 0 Å². The Hall–Kier alpha value is -0.960. The van der Waals surface area contributed by atoms with Crippen LogP contribution in [0.15, 0.2) is 18.5 Å². The Morgan fingerprint density at radius 2 is 1.58 bits per heavy atom. The molecule has 1 aromatic heterocycles. The molecule has 3 heteroatoms. The Balaban J connectivity index is 1.64. The molecule has 5 rings (SSSR count). The zero-order valence-corrected chi connectivity index (χ0v) is 11.6. The quantitative estimate of drug-likeness (QED) is 0.905. The summed E-state index contributed by atoms with van der Waals surface area (Å²) in [5.74, 6) is 5.67. The Bertz CT molecular complexity index is 417. The van der Waals surface area contributed by atoms with Crippen LogP contribution in [0.1, 0.15) is 44.0 Å². The van der Waals surface area contributed by atoms with Crippen molar-refractivity contribution in [2.45, 2.75) is 38.1 Å². The summed E-state index contributed by atoms with van der Waals surface area (Å²) < 4.78 is 0. The summed E-state index contributed by atoms with van der Waals surface area (Å²) in [6.07, 6.45) is 11.1. The second kappa shape index (κ2) is 4.55. The first-order chi connectivity index (χ1) is 9.35. The van der Waals surface area contributed by atoms with E-state index in [1.807, 2.05) is 18.5 Å². The molecule has 1 aromatic rings. The number of aromatic nitrogens is 2. The molecule has 1 N–H and O–H groups in total. The van der Waals surface area contributed by atoms with Crippen molar-refractivity contribution in [3.8, 4) is 0 Å². The zero-order chi connectivity index (χ0) is 12.8. The van der Waals surface area contributed by atoms with E-state index in [-0.39, 0.29) is 0 Å². The van der Waals surface area contributed by atoms with Crippen LogP contribution < -0.4 is 5.32 Å². The molecule has 0 amide bonds. The first-order valence-electron chi connectivity index (χ1n) is 7.79. The van der Waals surface area contributed by atoms with Crippen molar-refractivity contribution in [3.63, 3.8) is 0 Å². The summed E-state index contributed by atoms with van der Waals surface area (Å²) in [6.45, 7) is 0. The van der Waals surface area contributed by atoms with E-state index in [0.29, 0.717) is 6.04 Å². The average molecular weight is 257 g/mol. The number of rotatable bonds is 3. The largest absolute Gasteiger partial charge is 0.310 e. The molecule has 4 bridgehead atoms. The Morgan fingerprint density at radius 1 is 1.00 bits per heavy atom. The van der Waals surface area contributed by atoms with E-state index in [2.05, 4.69) is 22.3 Å². The SMILES string of the molecule is CNC(c1ncccn1)C1C2CC3CC(C2)CC1C3. The number of nitrogens with zero attached hydrogens (tertiary/aromatic N) is 2. The highest BCUT2D eigenvalue weighted by Gasteiger charge is 2.50. The van der Waals surface area contributed by atoms with Crippen molar-refractivity contribution in [3.05, 3.63) is 24.3 Å². The maximum Gasteiger partial charge on any atom is 0.145 e. The lowest BCUT2D eigenvalue weighted by Gasteiger charge is -2.56. The molecule has 0 aromatic carbocycles. The minimum absolute atomic E-state index is 0.358. The van der Waals surface area contributed by atoms with Gasteiger partial charge in [0.2, 0.25) is 0 Å². The molecule has 0 saturated heterocycles. The van der Waals surface area contributed by atoms with Crippen LogP contribution in [0.5, 0.6) is 0 Å². The lowest BCUT2D eigenvalue weighted by atomic mass is 9.50. The van der Waals surface area contributed by atoms with Crippen molar-refractivity contribution < 1.29 is 0 Å². The summed E-state index contributed by atoms with van der Waals surface area (Å²) in [6, 6.07) is 2.27. The molecule has 3 nitrogen and oxygen atoms in total. The molecule has 1 unspecified atom stereocenters. The first-order valence-corrected chi connectivity index (χ1v) is 7.79. The topological polar surface area (TPSA) is 37.8 Å². The molecule has 102 valence electrons. The Morgan fingerprint density at radius 3 is 2.11 bits per heavy atom. The highest BCUT2D eigenvalue weighted by atomic mass is 15.0. The van der Waals surface area contributed by atoms with Crippen molar-refractivity contribution >= 4 is 0 Å². The molecule has 0 radical (unpaired) electrons. The van der Waals surface area contributed by atoms with Crippen molar-refractivity contribution in [2.24, 2.45) is 29.6 Å². The molecule has 4 fully saturated rings. The van der Waals surface area contributed by atoms with Gasteiger partial charge in [-0.05, 0) is 74.8 Å². The molecular formula is C16H23N3. The van der Waals surface area contributed by atoms with Crippen LogP contribution in [0.2, 0.25) is 0 Å². The van der Waals surface area contributed by atoms with Crippen LogP contribution in [-0.2, 0) is 0 Å². The Labute approximate surface area is 115 Å². The van der Waals surface area contributed by atoms with Crippen molar-refractivity contribution in [2.75, 3.05) is 7.05 Å². The van der Waals surface area contributed by atoms with E-state index in [1.54, 1.807) is 0 Å². The minimum Gasteiger partial charge on any atom is -0.310 e. The van der Waals surface area contributed by atoms with Gasteiger partial charge in [0, 0.05) is 12.4 Å². The lowest BCUT2D eigenvalue weighted by Crippen LogP contribution is -2.49. The molecule has 4 aliphatic carbocycles. The maximum atomic E-state index is 4.51. The Kier molecular flexibility index (Phi) is 2.83. The first kappa shape index (κ1) is 11.8. The third-order valence-electron chi connectivity index (χ3n) is 5.86. The van der Waals surface area contributed by atoms with Crippen LogP contribution >= 0.6 is 0 Å². The smallest absolute Gasteiger partial charge is 0.145 e. The predicted octanol–water partition coefficient (Wildman–Crippen LogP) is 2.81. The molecule has 0 spiro atoms. The van der Waals surface area contributed by atoms with Gasteiger partial charge in [0.1, 0.15) is 5.82 Å². The van der Waals surface area contributed by atoms with Gasteiger partial charge in [-0.25, -0.2) is 9.97 Å². The molecule has 1 atom stereocenters. The van der Waals surface area contributed by atoms with Gasteiger partial charge in [-0.15, -0.1) is 0 Å². The van der Waals surface area contributed by atoms with E-state index in [9.17, 15) is 0 Å². The summed E-state index contributed by atoms with van der Waals surface area (Å²) in [5, 5.41) is 3.52. The number of nitrogens with one attached hydrogen (secondary N) is 1. The second-order valence-electron chi connectivity index (χ2n) is 6.88. The number of hydrogen-bond acceptors (Lipinski definition) is 3. The molecule has 4 saturated carbocycles. The van der Waals surface area contributed by atoms with Crippen LogP contribution in [0, 0.1) is 29.6 Å². The van der Waals surface area contributed by atoms with E-state index in [1.165, 1.54) is 32.1 Å². The normalized spacial score (nSPS) is 41.4. The van der Waals surface area contributed by atoms with E-state index in [0.717, 1.165) is 35.4 Å².